The quantitative estimate of drug-likeness (QED) is 0.396. The molecule has 152 valence electrons. The Balaban J connectivity index is 1.32. The number of oxime groups is 1. The summed E-state index contributed by atoms with van der Waals surface area (Å²) in [4.78, 5) is 8.65. The van der Waals surface area contributed by atoms with Crippen molar-refractivity contribution in [1.82, 2.24) is 0 Å². The van der Waals surface area contributed by atoms with Crippen molar-refractivity contribution in [2.45, 2.75) is 13.0 Å². The van der Waals surface area contributed by atoms with Gasteiger partial charge in [-0.05, 0) is 23.6 Å². The summed E-state index contributed by atoms with van der Waals surface area (Å²) < 4.78 is 0. The Morgan fingerprint density at radius 1 is 0.966 bits per heavy atom. The number of aliphatic hydroxyl groups is 1. The van der Waals surface area contributed by atoms with Gasteiger partial charge in [0.1, 0.15) is 51.1 Å². The molecule has 4 rings (SSSR count). The number of rotatable bonds is 7. The number of fused-ring (bicyclic) bond motifs is 3. The minimum absolute atomic E-state index is 0.222. The van der Waals surface area contributed by atoms with Gasteiger partial charge in [0.05, 0.1) is 6.54 Å². The van der Waals surface area contributed by atoms with E-state index in [2.05, 4.69) is 42.9 Å². The molecule has 0 spiro atoms. The number of hydrogen-bond acceptors (Lipinski definition) is 3. The highest BCUT2D eigenvalue weighted by Gasteiger charge is 2.26. The summed E-state index contributed by atoms with van der Waals surface area (Å²) in [6, 6.07) is 16.5. The number of nitrogens with zero attached hydrogens (tertiary/aromatic N) is 1. The Morgan fingerprint density at radius 3 is 2.03 bits per heavy atom. The zero-order valence-electron chi connectivity index (χ0n) is 17.2. The molecule has 0 aromatic heterocycles. The number of nitrogens with one attached hydrogen (secondary N) is 2. The van der Waals surface area contributed by atoms with Crippen molar-refractivity contribution in [3.05, 3.63) is 71.8 Å². The van der Waals surface area contributed by atoms with Crippen LogP contribution in [0.3, 0.4) is 0 Å². The van der Waals surface area contributed by atoms with Crippen molar-refractivity contribution in [2.75, 3.05) is 45.9 Å². The van der Waals surface area contributed by atoms with Gasteiger partial charge in [0.2, 0.25) is 0 Å². The summed E-state index contributed by atoms with van der Waals surface area (Å²) in [5.41, 5.74) is 6.64. The number of hydrogen-bond donors (Lipinski definition) is 3. The maximum Gasteiger partial charge on any atom is 0.148 e. The number of quaternary nitrogens is 2. The molecule has 5 nitrogen and oxygen atoms in total. The van der Waals surface area contributed by atoms with Crippen LogP contribution in [0, 0.1) is 0 Å². The van der Waals surface area contributed by atoms with E-state index in [1.807, 2.05) is 24.3 Å². The summed E-state index contributed by atoms with van der Waals surface area (Å²) in [5.74, 6) is 0. The van der Waals surface area contributed by atoms with E-state index in [1.54, 1.807) is 4.90 Å². The standard InChI is InChI=1S/C24H29N3O2/c1-18(2)15-26-11-13-27(14-12-26)16-19(28)17-29-25-24-22-9-5-3-7-20(22)21-8-4-6-10-23(21)24/h3-10,19,28H,1,11-17H2,2H3/p+2/t19-/m1/s1. The second-order valence-electron chi connectivity index (χ2n) is 8.32. The molecule has 0 amide bonds. The predicted molar refractivity (Wildman–Crippen MR) is 115 cm³/mol. The van der Waals surface area contributed by atoms with Gasteiger partial charge in [-0.2, -0.15) is 0 Å². The molecule has 1 heterocycles. The molecule has 3 N–H and O–H groups in total. The van der Waals surface area contributed by atoms with Crippen LogP contribution in [-0.2, 0) is 4.84 Å². The van der Waals surface area contributed by atoms with Gasteiger partial charge in [0.15, 0.2) is 0 Å². The monoisotopic (exact) mass is 393 g/mol. The van der Waals surface area contributed by atoms with Crippen molar-refractivity contribution in [3.8, 4) is 11.1 Å². The van der Waals surface area contributed by atoms with Gasteiger partial charge in [-0.15, -0.1) is 0 Å². The highest BCUT2D eigenvalue weighted by atomic mass is 16.6. The molecule has 1 aliphatic heterocycles. The Hall–Kier alpha value is -2.47. The van der Waals surface area contributed by atoms with Crippen LogP contribution >= 0.6 is 0 Å². The van der Waals surface area contributed by atoms with Crippen LogP contribution in [0.2, 0.25) is 0 Å². The Morgan fingerprint density at radius 2 is 1.48 bits per heavy atom. The van der Waals surface area contributed by atoms with Crippen LogP contribution in [-0.4, -0.2) is 62.8 Å². The zero-order valence-corrected chi connectivity index (χ0v) is 17.2. The molecule has 2 aromatic rings. The summed E-state index contributed by atoms with van der Waals surface area (Å²) in [5, 5.41) is 14.9. The fourth-order valence-electron chi connectivity index (χ4n) is 4.44. The smallest absolute Gasteiger partial charge is 0.148 e. The van der Waals surface area contributed by atoms with Crippen molar-refractivity contribution < 1.29 is 19.7 Å². The SMILES string of the molecule is C=C(C)C[NH+]1CC[NH+](C[C@@H](O)CON=C2c3ccccc3-c3ccccc32)CC1. The van der Waals surface area contributed by atoms with Crippen molar-refractivity contribution in [3.63, 3.8) is 0 Å². The molecule has 1 aliphatic carbocycles. The second kappa shape index (κ2) is 8.91. The molecule has 0 unspecified atom stereocenters. The van der Waals surface area contributed by atoms with E-state index in [0.29, 0.717) is 6.54 Å². The fourth-order valence-corrected chi connectivity index (χ4v) is 4.44. The summed E-state index contributed by atoms with van der Waals surface area (Å²) in [6.45, 7) is 12.5. The first-order valence-electron chi connectivity index (χ1n) is 10.5. The van der Waals surface area contributed by atoms with Gasteiger partial charge < -0.3 is 19.7 Å². The van der Waals surface area contributed by atoms with Crippen LogP contribution in [0.15, 0.2) is 65.8 Å². The van der Waals surface area contributed by atoms with Gasteiger partial charge in [0.25, 0.3) is 0 Å². The van der Waals surface area contributed by atoms with Crippen molar-refractivity contribution in [1.29, 1.82) is 0 Å². The van der Waals surface area contributed by atoms with E-state index in [0.717, 1.165) is 49.6 Å². The van der Waals surface area contributed by atoms with Crippen LogP contribution in [0.4, 0.5) is 0 Å². The zero-order chi connectivity index (χ0) is 20.2. The molecule has 2 aliphatic rings. The first-order chi connectivity index (χ1) is 14.1. The third-order valence-electron chi connectivity index (χ3n) is 5.82. The van der Waals surface area contributed by atoms with Crippen LogP contribution in [0.5, 0.6) is 0 Å². The maximum atomic E-state index is 10.4. The minimum atomic E-state index is -0.510. The maximum absolute atomic E-state index is 10.4. The number of aliphatic hydroxyl groups excluding tert-OH is 1. The third-order valence-corrected chi connectivity index (χ3v) is 5.82. The van der Waals surface area contributed by atoms with Gasteiger partial charge in [-0.1, -0.05) is 60.3 Å². The normalized spacial score (nSPS) is 21.2. The molecule has 0 bridgehead atoms. The fraction of sp³-hybridized carbons (Fsp3) is 0.375. The van der Waals surface area contributed by atoms with E-state index in [9.17, 15) is 5.11 Å². The minimum Gasteiger partial charge on any atom is -0.392 e. The van der Waals surface area contributed by atoms with Crippen LogP contribution < -0.4 is 9.80 Å². The van der Waals surface area contributed by atoms with E-state index in [4.69, 9.17) is 4.84 Å². The highest BCUT2D eigenvalue weighted by Crippen LogP contribution is 2.36. The van der Waals surface area contributed by atoms with Crippen LogP contribution in [0.25, 0.3) is 11.1 Å². The average Bonchev–Trinajstić information content (AvgIpc) is 3.03. The van der Waals surface area contributed by atoms with Gasteiger partial charge in [-0.25, -0.2) is 0 Å². The molecular formula is C24H31N3O2+2. The molecule has 29 heavy (non-hydrogen) atoms. The molecule has 2 aromatic carbocycles. The van der Waals surface area contributed by atoms with Gasteiger partial charge >= 0.3 is 0 Å². The lowest BCUT2D eigenvalue weighted by molar-refractivity contribution is -1.01. The first-order valence-corrected chi connectivity index (χ1v) is 10.5. The molecular weight excluding hydrogens is 362 g/mol. The largest absolute Gasteiger partial charge is 0.392 e. The third kappa shape index (κ3) is 4.58. The van der Waals surface area contributed by atoms with Crippen molar-refractivity contribution >= 4 is 5.71 Å². The molecule has 5 heteroatoms. The Labute approximate surface area is 172 Å². The van der Waals surface area contributed by atoms with E-state index < -0.39 is 6.10 Å². The highest BCUT2D eigenvalue weighted by molar-refractivity contribution is 6.24. The van der Waals surface area contributed by atoms with Gasteiger partial charge in [-0.3, -0.25) is 0 Å². The lowest BCUT2D eigenvalue weighted by Gasteiger charge is -2.30. The Kier molecular flexibility index (Phi) is 6.09. The predicted octanol–water partition coefficient (Wildman–Crippen LogP) is 0.156. The summed E-state index contributed by atoms with van der Waals surface area (Å²) in [6.07, 6.45) is -0.510. The Bertz CT molecular complexity index is 853. The molecule has 1 atom stereocenters. The lowest BCUT2D eigenvalue weighted by atomic mass is 10.1. The first kappa shape index (κ1) is 19.8. The van der Waals surface area contributed by atoms with E-state index in [1.165, 1.54) is 21.6 Å². The summed E-state index contributed by atoms with van der Waals surface area (Å²) in [7, 11) is 0. The van der Waals surface area contributed by atoms with E-state index >= 15 is 0 Å². The van der Waals surface area contributed by atoms with E-state index in [-0.39, 0.29) is 6.61 Å². The number of piperazine rings is 1. The second-order valence-corrected chi connectivity index (χ2v) is 8.32. The summed E-state index contributed by atoms with van der Waals surface area (Å²) >= 11 is 0. The average molecular weight is 394 g/mol. The molecule has 0 saturated carbocycles. The lowest BCUT2D eigenvalue weighted by Crippen LogP contribution is -3.28. The molecule has 1 saturated heterocycles. The number of benzene rings is 2. The molecule has 1 fully saturated rings. The van der Waals surface area contributed by atoms with Crippen LogP contribution in [0.1, 0.15) is 18.1 Å². The topological polar surface area (TPSA) is 50.7 Å². The molecule has 0 radical (unpaired) electrons. The van der Waals surface area contributed by atoms with Crippen molar-refractivity contribution in [2.24, 2.45) is 5.16 Å². The van der Waals surface area contributed by atoms with Gasteiger partial charge in [0, 0.05) is 11.1 Å².